The van der Waals surface area contributed by atoms with Gasteiger partial charge in [0.1, 0.15) is 0 Å². The van der Waals surface area contributed by atoms with E-state index in [0.29, 0.717) is 0 Å². The summed E-state index contributed by atoms with van der Waals surface area (Å²) in [4.78, 5) is 20.2. The van der Waals surface area contributed by atoms with Crippen LogP contribution in [0.15, 0.2) is 12.1 Å². The lowest BCUT2D eigenvalue weighted by atomic mass is 10.2. The molecule has 0 aromatic heterocycles. The average Bonchev–Trinajstić information content (AvgIpc) is 2.28. The normalized spacial score (nSPS) is 9.38. The van der Waals surface area contributed by atoms with Gasteiger partial charge in [0.15, 0.2) is 11.5 Å². The lowest BCUT2D eigenvalue weighted by Crippen LogP contribution is -1.99. The van der Waals surface area contributed by atoms with Crippen molar-refractivity contribution in [3.05, 3.63) is 22.2 Å². The zero-order chi connectivity index (χ0) is 12.1. The molecule has 7 nitrogen and oxygen atoms in total. The van der Waals surface area contributed by atoms with Crippen LogP contribution >= 0.6 is 0 Å². The van der Waals surface area contributed by atoms with E-state index in [0.717, 1.165) is 6.07 Å². The van der Waals surface area contributed by atoms with Crippen molar-refractivity contribution in [2.45, 2.75) is 0 Å². The van der Waals surface area contributed by atoms with Crippen LogP contribution in [0.3, 0.4) is 0 Å². The largest absolute Gasteiger partial charge is 0.493 e. The van der Waals surface area contributed by atoms with Crippen LogP contribution in [0.25, 0.3) is 0 Å². The molecular formula is C9H9NO6. The van der Waals surface area contributed by atoms with Gasteiger partial charge in [-0.2, -0.15) is 0 Å². The van der Waals surface area contributed by atoms with Gasteiger partial charge in [-0.15, -0.1) is 0 Å². The predicted octanol–water partition coefficient (Wildman–Crippen LogP) is 1.15. The summed E-state index contributed by atoms with van der Waals surface area (Å²) in [6.45, 7) is 0.105. The van der Waals surface area contributed by atoms with Gasteiger partial charge < -0.3 is 14.2 Å². The molecule has 0 fully saturated rings. The number of carbonyl (C=O) groups is 1. The smallest absolute Gasteiger partial charge is 0.315 e. The van der Waals surface area contributed by atoms with Crippen molar-refractivity contribution >= 4 is 12.2 Å². The van der Waals surface area contributed by atoms with Crippen LogP contribution in [0.5, 0.6) is 17.2 Å². The number of hydrogen-bond donors (Lipinski definition) is 0. The summed E-state index contributed by atoms with van der Waals surface area (Å²) in [5.41, 5.74) is -0.371. The number of benzene rings is 1. The molecule has 0 bridgehead atoms. The number of nitro benzene ring substituents is 1. The van der Waals surface area contributed by atoms with E-state index in [9.17, 15) is 14.9 Å². The van der Waals surface area contributed by atoms with Crippen LogP contribution in [0.2, 0.25) is 0 Å². The first-order valence-corrected chi connectivity index (χ1v) is 4.14. The molecule has 1 aromatic carbocycles. The van der Waals surface area contributed by atoms with Gasteiger partial charge in [0.05, 0.1) is 25.2 Å². The molecule has 0 atom stereocenters. The molecular weight excluding hydrogens is 218 g/mol. The van der Waals surface area contributed by atoms with Crippen molar-refractivity contribution in [3.8, 4) is 17.2 Å². The second-order valence-electron chi connectivity index (χ2n) is 2.65. The predicted molar refractivity (Wildman–Crippen MR) is 52.9 cm³/mol. The summed E-state index contributed by atoms with van der Waals surface area (Å²) in [6.07, 6.45) is 0. The summed E-state index contributed by atoms with van der Waals surface area (Å²) in [6, 6.07) is 2.34. The minimum atomic E-state index is -0.680. The van der Waals surface area contributed by atoms with Crippen LogP contribution in [0.1, 0.15) is 0 Å². The highest BCUT2D eigenvalue weighted by atomic mass is 16.6. The molecule has 7 heteroatoms. The molecule has 0 heterocycles. The highest BCUT2D eigenvalue weighted by Gasteiger charge is 2.20. The zero-order valence-corrected chi connectivity index (χ0v) is 8.63. The maximum absolute atomic E-state index is 10.7. The Hall–Kier alpha value is -2.31. The maximum atomic E-state index is 10.7. The fourth-order valence-electron chi connectivity index (χ4n) is 1.14. The van der Waals surface area contributed by atoms with Gasteiger partial charge >= 0.3 is 5.69 Å². The molecule has 0 saturated heterocycles. The van der Waals surface area contributed by atoms with Crippen LogP contribution < -0.4 is 14.2 Å². The van der Waals surface area contributed by atoms with Crippen LogP contribution in [-0.4, -0.2) is 25.6 Å². The third-order valence-electron chi connectivity index (χ3n) is 1.84. The highest BCUT2D eigenvalue weighted by Crippen LogP contribution is 2.38. The van der Waals surface area contributed by atoms with Crippen LogP contribution in [0.4, 0.5) is 5.69 Å². The zero-order valence-electron chi connectivity index (χ0n) is 8.63. The minimum Gasteiger partial charge on any atom is -0.493 e. The number of methoxy groups -OCH3 is 2. The van der Waals surface area contributed by atoms with E-state index in [1.165, 1.54) is 20.3 Å². The van der Waals surface area contributed by atoms with E-state index < -0.39 is 4.92 Å². The highest BCUT2D eigenvalue weighted by molar-refractivity contribution is 5.61. The van der Waals surface area contributed by atoms with Crippen molar-refractivity contribution in [1.29, 1.82) is 0 Å². The minimum absolute atomic E-state index is 0.105. The Bertz CT molecular complexity index is 417. The SMILES string of the molecule is COc1cc(OC=O)c([N+](=O)[O-])cc1OC. The van der Waals surface area contributed by atoms with Gasteiger partial charge in [0.25, 0.3) is 6.47 Å². The molecule has 0 unspecified atom stereocenters. The number of hydrogen-bond acceptors (Lipinski definition) is 6. The summed E-state index contributed by atoms with van der Waals surface area (Å²) in [7, 11) is 2.72. The third kappa shape index (κ3) is 2.19. The molecule has 0 aliphatic carbocycles. The van der Waals surface area contributed by atoms with E-state index >= 15 is 0 Å². The molecule has 0 aliphatic rings. The summed E-state index contributed by atoms with van der Waals surface area (Å²) in [5.74, 6) is 0.232. The number of nitrogens with zero attached hydrogens (tertiary/aromatic N) is 1. The van der Waals surface area contributed by atoms with Gasteiger partial charge in [0, 0.05) is 6.07 Å². The Kier molecular flexibility index (Phi) is 3.65. The van der Waals surface area contributed by atoms with Crippen molar-refractivity contribution in [2.24, 2.45) is 0 Å². The Morgan fingerprint density at radius 2 is 1.75 bits per heavy atom. The van der Waals surface area contributed by atoms with Crippen LogP contribution in [-0.2, 0) is 4.79 Å². The maximum Gasteiger partial charge on any atom is 0.315 e. The summed E-state index contributed by atoms with van der Waals surface area (Å²) in [5, 5.41) is 10.7. The molecule has 1 rings (SSSR count). The summed E-state index contributed by atoms with van der Waals surface area (Å²) >= 11 is 0. The Morgan fingerprint density at radius 3 is 2.19 bits per heavy atom. The fraction of sp³-hybridized carbons (Fsp3) is 0.222. The van der Waals surface area contributed by atoms with Gasteiger partial charge in [-0.1, -0.05) is 0 Å². The molecule has 0 radical (unpaired) electrons. The molecule has 0 saturated carbocycles. The monoisotopic (exact) mass is 227 g/mol. The van der Waals surface area contributed by atoms with Crippen molar-refractivity contribution < 1.29 is 23.9 Å². The second kappa shape index (κ2) is 4.96. The average molecular weight is 227 g/mol. The summed E-state index contributed by atoms with van der Waals surface area (Å²) < 4.78 is 14.3. The number of ether oxygens (including phenoxy) is 3. The Balaban J connectivity index is 3.34. The topological polar surface area (TPSA) is 87.9 Å². The standard InChI is InChI=1S/C9H9NO6/c1-14-8-3-6(10(12)13)7(16-5-11)4-9(8)15-2/h3-5H,1-2H3. The van der Waals surface area contributed by atoms with E-state index in [-0.39, 0.29) is 29.4 Å². The Morgan fingerprint density at radius 1 is 1.19 bits per heavy atom. The lowest BCUT2D eigenvalue weighted by Gasteiger charge is -2.08. The van der Waals surface area contributed by atoms with E-state index in [1.807, 2.05) is 0 Å². The van der Waals surface area contributed by atoms with E-state index in [2.05, 4.69) is 4.74 Å². The molecule has 16 heavy (non-hydrogen) atoms. The van der Waals surface area contributed by atoms with Crippen molar-refractivity contribution in [2.75, 3.05) is 14.2 Å². The first kappa shape index (κ1) is 11.8. The lowest BCUT2D eigenvalue weighted by molar-refractivity contribution is -0.385. The molecule has 0 N–H and O–H groups in total. The first-order chi connectivity index (χ1) is 7.63. The number of nitro groups is 1. The first-order valence-electron chi connectivity index (χ1n) is 4.14. The van der Waals surface area contributed by atoms with Crippen molar-refractivity contribution in [1.82, 2.24) is 0 Å². The van der Waals surface area contributed by atoms with Gasteiger partial charge in [-0.25, -0.2) is 0 Å². The van der Waals surface area contributed by atoms with Crippen molar-refractivity contribution in [3.63, 3.8) is 0 Å². The number of rotatable bonds is 5. The molecule has 0 aliphatic heterocycles. The van der Waals surface area contributed by atoms with E-state index in [4.69, 9.17) is 9.47 Å². The van der Waals surface area contributed by atoms with Crippen LogP contribution in [0, 0.1) is 10.1 Å². The van der Waals surface area contributed by atoms with Gasteiger partial charge in [-0.05, 0) is 0 Å². The van der Waals surface area contributed by atoms with Gasteiger partial charge in [0.2, 0.25) is 5.75 Å². The third-order valence-corrected chi connectivity index (χ3v) is 1.84. The Labute approximate surface area is 90.7 Å². The molecule has 0 spiro atoms. The molecule has 86 valence electrons. The van der Waals surface area contributed by atoms with Gasteiger partial charge in [-0.3, -0.25) is 14.9 Å². The number of carbonyl (C=O) groups excluding carboxylic acids is 1. The molecule has 1 aromatic rings. The van der Waals surface area contributed by atoms with E-state index in [1.54, 1.807) is 0 Å². The quantitative estimate of drug-likeness (QED) is 0.426. The molecule has 0 amide bonds. The fourth-order valence-corrected chi connectivity index (χ4v) is 1.14. The second-order valence-corrected chi connectivity index (χ2v) is 2.65.